The maximum Gasteiger partial charge on any atom is 0.275 e. The molecule has 1 aliphatic rings. The molecule has 23 heavy (non-hydrogen) atoms. The van der Waals surface area contributed by atoms with Crippen molar-refractivity contribution in [2.75, 3.05) is 13.9 Å². The van der Waals surface area contributed by atoms with Gasteiger partial charge in [-0.05, 0) is 42.0 Å². The van der Waals surface area contributed by atoms with E-state index in [1.807, 2.05) is 6.07 Å². The molecule has 1 aliphatic heterocycles. The van der Waals surface area contributed by atoms with Gasteiger partial charge in [0.2, 0.25) is 6.79 Å². The lowest BCUT2D eigenvalue weighted by Crippen LogP contribution is -2.18. The van der Waals surface area contributed by atoms with Gasteiger partial charge in [0.15, 0.2) is 11.5 Å². The number of fused-ring (bicyclic) bond motifs is 1. The van der Waals surface area contributed by atoms with Crippen LogP contribution in [0, 0.1) is 0 Å². The second kappa shape index (κ2) is 6.70. The van der Waals surface area contributed by atoms with Crippen LogP contribution in [0.5, 0.6) is 17.2 Å². The maximum atomic E-state index is 12.1. The van der Waals surface area contributed by atoms with E-state index in [-0.39, 0.29) is 12.7 Å². The first-order chi connectivity index (χ1) is 11.2. The Bertz CT molecular complexity index is 777. The summed E-state index contributed by atoms with van der Waals surface area (Å²) in [6, 6.07) is 10.6. The van der Waals surface area contributed by atoms with Gasteiger partial charge in [0, 0.05) is 4.47 Å². The van der Waals surface area contributed by atoms with E-state index in [1.165, 1.54) is 13.3 Å². The van der Waals surface area contributed by atoms with E-state index in [1.54, 1.807) is 30.3 Å². The Balaban J connectivity index is 1.69. The number of carbonyl (C=O) groups is 1. The molecule has 1 amide bonds. The van der Waals surface area contributed by atoms with Gasteiger partial charge in [0.05, 0.1) is 18.9 Å². The zero-order valence-corrected chi connectivity index (χ0v) is 13.8. The highest BCUT2D eigenvalue weighted by molar-refractivity contribution is 9.10. The van der Waals surface area contributed by atoms with Gasteiger partial charge in [-0.2, -0.15) is 5.10 Å². The number of hydrogen-bond acceptors (Lipinski definition) is 5. The third-order valence-corrected chi connectivity index (χ3v) is 3.68. The summed E-state index contributed by atoms with van der Waals surface area (Å²) < 4.78 is 16.5. The lowest BCUT2D eigenvalue weighted by atomic mass is 10.2. The lowest BCUT2D eigenvalue weighted by Gasteiger charge is -2.07. The van der Waals surface area contributed by atoms with E-state index in [2.05, 4.69) is 26.5 Å². The smallest absolute Gasteiger partial charge is 0.275 e. The summed E-state index contributed by atoms with van der Waals surface area (Å²) in [4.78, 5) is 12.1. The molecule has 1 N–H and O–H groups in total. The highest BCUT2D eigenvalue weighted by Crippen LogP contribution is 2.32. The molecule has 6 nitrogen and oxygen atoms in total. The van der Waals surface area contributed by atoms with Crippen LogP contribution in [0.25, 0.3) is 0 Å². The number of benzene rings is 2. The predicted octanol–water partition coefficient (Wildman–Crippen LogP) is 2.95. The van der Waals surface area contributed by atoms with Crippen molar-refractivity contribution in [3.63, 3.8) is 0 Å². The number of ether oxygens (including phenoxy) is 3. The quantitative estimate of drug-likeness (QED) is 0.657. The molecule has 0 aromatic heterocycles. The van der Waals surface area contributed by atoms with E-state index in [0.29, 0.717) is 22.8 Å². The number of hydrazone groups is 1. The van der Waals surface area contributed by atoms with Crippen molar-refractivity contribution in [2.45, 2.75) is 0 Å². The van der Waals surface area contributed by atoms with Gasteiger partial charge < -0.3 is 14.2 Å². The fraction of sp³-hybridized carbons (Fsp3) is 0.125. The average Bonchev–Trinajstić information content (AvgIpc) is 3.02. The van der Waals surface area contributed by atoms with Crippen LogP contribution in [0.2, 0.25) is 0 Å². The zero-order valence-electron chi connectivity index (χ0n) is 12.2. The van der Waals surface area contributed by atoms with Crippen molar-refractivity contribution in [3.05, 3.63) is 52.0 Å². The molecule has 118 valence electrons. The Hall–Kier alpha value is -2.54. The van der Waals surface area contributed by atoms with Crippen molar-refractivity contribution in [1.82, 2.24) is 5.43 Å². The fourth-order valence-corrected chi connectivity index (χ4v) is 2.41. The van der Waals surface area contributed by atoms with Crippen LogP contribution in [0.4, 0.5) is 0 Å². The molecule has 0 aliphatic carbocycles. The third-order valence-electron chi connectivity index (χ3n) is 3.18. The second-order valence-electron chi connectivity index (χ2n) is 4.66. The number of rotatable bonds is 4. The van der Waals surface area contributed by atoms with E-state index in [9.17, 15) is 4.79 Å². The van der Waals surface area contributed by atoms with Crippen molar-refractivity contribution in [1.29, 1.82) is 0 Å². The van der Waals surface area contributed by atoms with Crippen LogP contribution >= 0.6 is 15.9 Å². The summed E-state index contributed by atoms with van der Waals surface area (Å²) in [5.74, 6) is 1.47. The molecule has 2 aromatic carbocycles. The van der Waals surface area contributed by atoms with E-state index >= 15 is 0 Å². The molecule has 0 atom stereocenters. The molecule has 7 heteroatoms. The molecule has 0 spiro atoms. The Morgan fingerprint density at radius 3 is 2.91 bits per heavy atom. The first-order valence-electron chi connectivity index (χ1n) is 6.74. The minimum absolute atomic E-state index is 0.218. The van der Waals surface area contributed by atoms with Gasteiger partial charge >= 0.3 is 0 Å². The molecule has 3 rings (SSSR count). The second-order valence-corrected chi connectivity index (χ2v) is 5.57. The standard InChI is InChI=1S/C16H13BrN2O4/c1-21-14-7-11(17)3-4-12(14)16(20)19-18-8-10-2-5-13-15(6-10)23-9-22-13/h2-8H,9H2,1H3,(H,19,20)/b18-8+. The molecule has 0 radical (unpaired) electrons. The number of carbonyl (C=O) groups excluding carboxylic acids is 1. The van der Waals surface area contributed by atoms with Crippen LogP contribution in [0.1, 0.15) is 15.9 Å². The zero-order chi connectivity index (χ0) is 16.2. The molecule has 2 aromatic rings. The SMILES string of the molecule is COc1cc(Br)ccc1C(=O)N/N=C/c1ccc2c(c1)OCO2. The Morgan fingerprint density at radius 1 is 1.26 bits per heavy atom. The summed E-state index contributed by atoms with van der Waals surface area (Å²) in [5, 5.41) is 3.95. The minimum Gasteiger partial charge on any atom is -0.496 e. The number of nitrogens with zero attached hydrogens (tertiary/aromatic N) is 1. The lowest BCUT2D eigenvalue weighted by molar-refractivity contribution is 0.0952. The first-order valence-corrected chi connectivity index (χ1v) is 7.53. The topological polar surface area (TPSA) is 69.2 Å². The van der Waals surface area contributed by atoms with Gasteiger partial charge in [0.25, 0.3) is 5.91 Å². The summed E-state index contributed by atoms with van der Waals surface area (Å²) in [6.07, 6.45) is 1.53. The highest BCUT2D eigenvalue weighted by Gasteiger charge is 2.13. The Kier molecular flexibility index (Phi) is 4.47. The minimum atomic E-state index is -0.355. The van der Waals surface area contributed by atoms with Crippen LogP contribution in [0.15, 0.2) is 46.0 Å². The van der Waals surface area contributed by atoms with Gasteiger partial charge in [-0.1, -0.05) is 15.9 Å². The number of halogens is 1. The molecular weight excluding hydrogens is 364 g/mol. The van der Waals surface area contributed by atoms with E-state index < -0.39 is 0 Å². The van der Waals surface area contributed by atoms with E-state index in [0.717, 1.165) is 10.0 Å². The summed E-state index contributed by atoms with van der Waals surface area (Å²) in [6.45, 7) is 0.218. The summed E-state index contributed by atoms with van der Waals surface area (Å²) in [7, 11) is 1.51. The van der Waals surface area contributed by atoms with Crippen LogP contribution in [-0.2, 0) is 0 Å². The van der Waals surface area contributed by atoms with Crippen LogP contribution in [0.3, 0.4) is 0 Å². The third kappa shape index (κ3) is 3.45. The van der Waals surface area contributed by atoms with Crippen LogP contribution in [-0.4, -0.2) is 26.0 Å². The molecule has 0 fully saturated rings. The monoisotopic (exact) mass is 376 g/mol. The van der Waals surface area contributed by atoms with Gasteiger partial charge in [-0.3, -0.25) is 4.79 Å². The highest BCUT2D eigenvalue weighted by atomic mass is 79.9. The molecule has 1 heterocycles. The average molecular weight is 377 g/mol. The number of hydrogen-bond donors (Lipinski definition) is 1. The normalized spacial score (nSPS) is 12.4. The van der Waals surface area contributed by atoms with Gasteiger partial charge in [0.1, 0.15) is 5.75 Å². The molecule has 0 bridgehead atoms. The van der Waals surface area contributed by atoms with Crippen molar-refractivity contribution in [3.8, 4) is 17.2 Å². The predicted molar refractivity (Wildman–Crippen MR) is 88.3 cm³/mol. The van der Waals surface area contributed by atoms with Crippen molar-refractivity contribution < 1.29 is 19.0 Å². The Labute approximate surface area is 141 Å². The molecule has 0 saturated heterocycles. The van der Waals surface area contributed by atoms with Crippen molar-refractivity contribution >= 4 is 28.1 Å². The van der Waals surface area contributed by atoms with Crippen LogP contribution < -0.4 is 19.6 Å². The molecule has 0 unspecified atom stereocenters. The number of methoxy groups -OCH3 is 1. The van der Waals surface area contributed by atoms with Crippen molar-refractivity contribution in [2.24, 2.45) is 5.10 Å². The van der Waals surface area contributed by atoms with E-state index in [4.69, 9.17) is 14.2 Å². The summed E-state index contributed by atoms with van der Waals surface area (Å²) in [5.41, 5.74) is 3.66. The largest absolute Gasteiger partial charge is 0.496 e. The fourth-order valence-electron chi connectivity index (χ4n) is 2.07. The summed E-state index contributed by atoms with van der Waals surface area (Å²) >= 11 is 3.33. The maximum absolute atomic E-state index is 12.1. The molecular formula is C16H13BrN2O4. The molecule has 0 saturated carbocycles. The van der Waals surface area contributed by atoms with Gasteiger partial charge in [-0.15, -0.1) is 0 Å². The Morgan fingerprint density at radius 2 is 2.09 bits per heavy atom. The first kappa shape index (κ1) is 15.4. The number of nitrogens with one attached hydrogen (secondary N) is 1. The van der Waals surface area contributed by atoms with Gasteiger partial charge in [-0.25, -0.2) is 5.43 Å². The number of amides is 1.